The minimum atomic E-state index is -0.807. The Balaban J connectivity index is 4.46. The predicted octanol–water partition coefficient (Wildman–Crippen LogP) is 20.4. The van der Waals surface area contributed by atoms with Gasteiger partial charge in [-0.3, -0.25) is 14.4 Å². The van der Waals surface area contributed by atoms with E-state index >= 15 is 0 Å². The second-order valence-electron chi connectivity index (χ2n) is 19.5. The molecule has 0 saturated carbocycles. The number of hydrogen-bond acceptors (Lipinski definition) is 6. The molecule has 0 aromatic carbocycles. The van der Waals surface area contributed by atoms with Crippen LogP contribution in [0.25, 0.3) is 0 Å². The summed E-state index contributed by atoms with van der Waals surface area (Å²) in [5.74, 6) is -0.957. The van der Waals surface area contributed by atoms with Crippen molar-refractivity contribution in [3.05, 3.63) is 122 Å². The van der Waals surface area contributed by atoms with Gasteiger partial charge in [0.05, 0.1) is 0 Å². The molecule has 0 saturated heterocycles. The molecule has 0 fully saturated rings. The summed E-state index contributed by atoms with van der Waals surface area (Å²) in [6.07, 6.45) is 83.3. The maximum absolute atomic E-state index is 12.9. The Hall–Kier alpha value is -4.19. The minimum Gasteiger partial charge on any atom is -0.462 e. The molecule has 0 aliphatic heterocycles. The van der Waals surface area contributed by atoms with Crippen LogP contribution in [0.15, 0.2) is 122 Å². The van der Waals surface area contributed by atoms with E-state index in [2.05, 4.69) is 142 Å². The Morgan fingerprint density at radius 3 is 0.890 bits per heavy atom. The Kier molecular flexibility index (Phi) is 56.9. The number of hydrogen-bond donors (Lipinski definition) is 0. The van der Waals surface area contributed by atoms with Gasteiger partial charge in [-0.05, 0) is 135 Å². The number of esters is 3. The van der Waals surface area contributed by atoms with Crippen LogP contribution >= 0.6 is 0 Å². The van der Waals surface area contributed by atoms with Crippen LogP contribution in [0.5, 0.6) is 0 Å². The average Bonchev–Trinajstić information content (AvgIpc) is 3.39. The molecule has 6 nitrogen and oxygen atoms in total. The fourth-order valence-electron chi connectivity index (χ4n) is 7.92. The van der Waals surface area contributed by atoms with Gasteiger partial charge in [-0.25, -0.2) is 0 Å². The monoisotopic (exact) mass is 1010 g/mol. The third kappa shape index (κ3) is 58.6. The van der Waals surface area contributed by atoms with Crippen LogP contribution in [0.3, 0.4) is 0 Å². The Bertz CT molecular complexity index is 1540. The van der Waals surface area contributed by atoms with Crippen LogP contribution in [0.1, 0.15) is 265 Å². The summed E-state index contributed by atoms with van der Waals surface area (Å²) < 4.78 is 16.8. The second-order valence-corrected chi connectivity index (χ2v) is 19.5. The van der Waals surface area contributed by atoms with Gasteiger partial charge in [-0.1, -0.05) is 232 Å². The van der Waals surface area contributed by atoms with Gasteiger partial charge in [0, 0.05) is 19.3 Å². The van der Waals surface area contributed by atoms with E-state index < -0.39 is 6.10 Å². The minimum absolute atomic E-state index is 0.101. The van der Waals surface area contributed by atoms with Gasteiger partial charge in [0.25, 0.3) is 0 Å². The standard InChI is InChI=1S/C67H110O6/c1-4-7-10-13-16-19-22-25-28-29-30-31-32-33-34-35-36-37-40-42-45-48-51-54-57-60-66(69)72-63-64(73-67(70)61-58-55-52-49-46-43-39-27-24-21-18-15-12-9-6-3)62-71-65(68)59-56-53-50-47-44-41-38-26-23-20-17-14-11-8-5-2/h7,10,16,18-19,21,25-28,30-31,33-34,36-39,42,45,64H,4-6,8-9,11-15,17,20,22-24,29,32,35,40-41,43-44,46-63H2,1-3H3/b10-7-,19-16-,21-18-,28-25-,31-30-,34-33-,37-36-,38-26-,39-27-,45-42-. The molecule has 0 spiro atoms. The SMILES string of the molecule is CC/C=C\C/C=C\C/C=C\C/C=C\C/C=C\C/C=C\C/C=C\CCCCCC(=O)OCC(COC(=O)CCCCCCC/C=C\CCCCCCCC)OC(=O)CCCCCCC/C=C\C/C=C\CCCCC. The third-order valence-electron chi connectivity index (χ3n) is 12.4. The highest BCUT2D eigenvalue weighted by Gasteiger charge is 2.19. The summed E-state index contributed by atoms with van der Waals surface area (Å²) in [6, 6.07) is 0. The lowest BCUT2D eigenvalue weighted by Crippen LogP contribution is -2.30. The van der Waals surface area contributed by atoms with Crippen LogP contribution in [0.2, 0.25) is 0 Å². The lowest BCUT2D eigenvalue weighted by atomic mass is 10.1. The van der Waals surface area contributed by atoms with E-state index in [1.54, 1.807) is 0 Å². The molecule has 0 aliphatic carbocycles. The molecule has 0 amide bonds. The molecular formula is C67H110O6. The molecule has 414 valence electrons. The van der Waals surface area contributed by atoms with E-state index in [0.717, 1.165) is 148 Å². The molecule has 0 radical (unpaired) electrons. The first-order valence-corrected chi connectivity index (χ1v) is 30.0. The van der Waals surface area contributed by atoms with Crippen molar-refractivity contribution in [3.8, 4) is 0 Å². The first-order valence-electron chi connectivity index (χ1n) is 30.0. The number of ether oxygens (including phenoxy) is 3. The zero-order chi connectivity index (χ0) is 52.9. The molecule has 0 rings (SSSR count). The number of allylic oxidation sites excluding steroid dienone is 20. The fourth-order valence-corrected chi connectivity index (χ4v) is 7.92. The highest BCUT2D eigenvalue weighted by molar-refractivity contribution is 5.71. The summed E-state index contributed by atoms with van der Waals surface area (Å²) in [6.45, 7) is 6.45. The van der Waals surface area contributed by atoms with Crippen molar-refractivity contribution in [2.24, 2.45) is 0 Å². The number of unbranched alkanes of at least 4 members (excludes halogenated alkanes) is 22. The third-order valence-corrected chi connectivity index (χ3v) is 12.4. The van der Waals surface area contributed by atoms with Crippen LogP contribution in [-0.4, -0.2) is 37.2 Å². The number of rotatable bonds is 53. The summed E-state index contributed by atoms with van der Waals surface area (Å²) in [7, 11) is 0. The molecule has 0 heterocycles. The second kappa shape index (κ2) is 60.4. The first-order chi connectivity index (χ1) is 36.0. The van der Waals surface area contributed by atoms with Gasteiger partial charge in [0.2, 0.25) is 0 Å². The molecule has 1 atom stereocenters. The Labute approximate surface area is 450 Å². The first kappa shape index (κ1) is 68.8. The van der Waals surface area contributed by atoms with Gasteiger partial charge in [0.15, 0.2) is 6.10 Å². The van der Waals surface area contributed by atoms with Gasteiger partial charge < -0.3 is 14.2 Å². The van der Waals surface area contributed by atoms with Crippen LogP contribution in [-0.2, 0) is 28.6 Å². The number of carbonyl (C=O) groups excluding carboxylic acids is 3. The van der Waals surface area contributed by atoms with E-state index in [1.807, 2.05) is 0 Å². The quantitative estimate of drug-likeness (QED) is 0.0261. The Morgan fingerprint density at radius 2 is 0.534 bits per heavy atom. The molecule has 0 aliphatic rings. The van der Waals surface area contributed by atoms with E-state index in [4.69, 9.17) is 14.2 Å². The smallest absolute Gasteiger partial charge is 0.306 e. The van der Waals surface area contributed by atoms with Gasteiger partial charge in [-0.15, -0.1) is 0 Å². The lowest BCUT2D eigenvalue weighted by molar-refractivity contribution is -0.167. The fraction of sp³-hybridized carbons (Fsp3) is 0.657. The molecule has 0 aromatic heterocycles. The highest BCUT2D eigenvalue weighted by atomic mass is 16.6. The summed E-state index contributed by atoms with van der Waals surface area (Å²) in [4.78, 5) is 38.2. The molecular weight excluding hydrogens is 901 g/mol. The largest absolute Gasteiger partial charge is 0.462 e. The molecule has 6 heteroatoms. The molecule has 0 bridgehead atoms. The van der Waals surface area contributed by atoms with Gasteiger partial charge in [-0.2, -0.15) is 0 Å². The molecule has 73 heavy (non-hydrogen) atoms. The van der Waals surface area contributed by atoms with Crippen molar-refractivity contribution in [1.82, 2.24) is 0 Å². The summed E-state index contributed by atoms with van der Waals surface area (Å²) in [5.41, 5.74) is 0. The average molecular weight is 1010 g/mol. The zero-order valence-corrected chi connectivity index (χ0v) is 47.4. The molecule has 0 aromatic rings. The van der Waals surface area contributed by atoms with Crippen molar-refractivity contribution >= 4 is 17.9 Å². The van der Waals surface area contributed by atoms with E-state index in [9.17, 15) is 14.4 Å². The van der Waals surface area contributed by atoms with Crippen molar-refractivity contribution in [3.63, 3.8) is 0 Å². The zero-order valence-electron chi connectivity index (χ0n) is 47.4. The van der Waals surface area contributed by atoms with E-state index in [-0.39, 0.29) is 31.1 Å². The van der Waals surface area contributed by atoms with E-state index in [0.29, 0.717) is 19.3 Å². The van der Waals surface area contributed by atoms with Crippen molar-refractivity contribution in [1.29, 1.82) is 0 Å². The molecule has 1 unspecified atom stereocenters. The van der Waals surface area contributed by atoms with Crippen molar-refractivity contribution < 1.29 is 28.6 Å². The van der Waals surface area contributed by atoms with Gasteiger partial charge in [0.1, 0.15) is 13.2 Å². The summed E-state index contributed by atoms with van der Waals surface area (Å²) >= 11 is 0. The Morgan fingerprint density at radius 1 is 0.288 bits per heavy atom. The molecule has 0 N–H and O–H groups in total. The van der Waals surface area contributed by atoms with E-state index in [1.165, 1.54) is 77.0 Å². The van der Waals surface area contributed by atoms with Crippen LogP contribution in [0, 0.1) is 0 Å². The topological polar surface area (TPSA) is 78.9 Å². The highest BCUT2D eigenvalue weighted by Crippen LogP contribution is 2.14. The van der Waals surface area contributed by atoms with Crippen LogP contribution in [0.4, 0.5) is 0 Å². The lowest BCUT2D eigenvalue weighted by Gasteiger charge is -2.18. The van der Waals surface area contributed by atoms with Crippen molar-refractivity contribution in [2.75, 3.05) is 13.2 Å². The van der Waals surface area contributed by atoms with Gasteiger partial charge >= 0.3 is 17.9 Å². The maximum Gasteiger partial charge on any atom is 0.306 e. The maximum atomic E-state index is 12.9. The predicted molar refractivity (Wildman–Crippen MR) is 316 cm³/mol. The normalized spacial score (nSPS) is 13.0. The van der Waals surface area contributed by atoms with Crippen LogP contribution < -0.4 is 0 Å². The van der Waals surface area contributed by atoms with Crippen molar-refractivity contribution in [2.45, 2.75) is 271 Å². The summed E-state index contributed by atoms with van der Waals surface area (Å²) in [5, 5.41) is 0. The number of carbonyl (C=O) groups is 3.